The van der Waals surface area contributed by atoms with Gasteiger partial charge in [0.15, 0.2) is 9.84 Å². The Morgan fingerprint density at radius 2 is 1.88 bits per heavy atom. The number of amides is 1. The Morgan fingerprint density at radius 1 is 1.35 bits per heavy atom. The molecule has 0 aliphatic carbocycles. The molecule has 1 fully saturated rings. The Kier molecular flexibility index (Phi) is 3.52. The maximum absolute atomic E-state index is 12.1. The van der Waals surface area contributed by atoms with Gasteiger partial charge in [-0.05, 0) is 26.7 Å². The molecule has 1 heterocycles. The fourth-order valence-electron chi connectivity index (χ4n) is 1.77. The predicted octanol–water partition coefficient (Wildman–Crippen LogP) is -0.115. The van der Waals surface area contributed by atoms with Crippen molar-refractivity contribution in [2.45, 2.75) is 37.5 Å². The molecular formula is C10H17NO5S. The first-order valence-corrected chi connectivity index (χ1v) is 7.21. The van der Waals surface area contributed by atoms with Gasteiger partial charge in [0.05, 0.1) is 0 Å². The lowest BCUT2D eigenvalue weighted by Gasteiger charge is -2.30. The number of hydrogen-bond donors (Lipinski definition) is 1. The smallest absolute Gasteiger partial charge is 0.326 e. The standard InChI is InChI=1S/C10H17NO5S/c1-10(2,17(3,15)16)9(14)11-6-4-5-7(11)8(12)13/h7H,4-6H2,1-3H3,(H,12,13). The monoisotopic (exact) mass is 263 g/mol. The van der Waals surface area contributed by atoms with Gasteiger partial charge in [0, 0.05) is 12.8 Å². The number of carbonyl (C=O) groups excluding carboxylic acids is 1. The van der Waals surface area contributed by atoms with Crippen LogP contribution < -0.4 is 0 Å². The van der Waals surface area contributed by atoms with Crippen LogP contribution in [0.5, 0.6) is 0 Å². The zero-order chi connectivity index (χ0) is 13.4. The molecule has 1 unspecified atom stereocenters. The molecule has 1 saturated heterocycles. The summed E-state index contributed by atoms with van der Waals surface area (Å²) in [5.74, 6) is -1.72. The highest BCUT2D eigenvalue weighted by atomic mass is 32.2. The van der Waals surface area contributed by atoms with Crippen molar-refractivity contribution in [3.63, 3.8) is 0 Å². The SMILES string of the molecule is CC(C)(C(=O)N1CCCC1C(=O)O)S(C)(=O)=O. The van der Waals surface area contributed by atoms with Crippen molar-refractivity contribution in [2.75, 3.05) is 12.8 Å². The quantitative estimate of drug-likeness (QED) is 0.766. The molecule has 1 aliphatic rings. The zero-order valence-electron chi connectivity index (χ0n) is 10.1. The normalized spacial score (nSPS) is 21.6. The Hall–Kier alpha value is -1.11. The van der Waals surface area contributed by atoms with Gasteiger partial charge < -0.3 is 10.0 Å². The summed E-state index contributed by atoms with van der Waals surface area (Å²) in [4.78, 5) is 24.2. The summed E-state index contributed by atoms with van der Waals surface area (Å²) in [5, 5.41) is 8.96. The minimum absolute atomic E-state index is 0.300. The van der Waals surface area contributed by atoms with Crippen LogP contribution in [0.4, 0.5) is 0 Å². The molecule has 0 aromatic heterocycles. The second-order valence-electron chi connectivity index (χ2n) is 4.78. The third-order valence-corrected chi connectivity index (χ3v) is 5.27. The van der Waals surface area contributed by atoms with E-state index >= 15 is 0 Å². The molecule has 7 heteroatoms. The molecule has 1 amide bonds. The maximum Gasteiger partial charge on any atom is 0.326 e. The minimum atomic E-state index is -3.57. The van der Waals surface area contributed by atoms with Crippen molar-refractivity contribution in [1.82, 2.24) is 4.90 Å². The molecule has 1 N–H and O–H groups in total. The van der Waals surface area contributed by atoms with Crippen LogP contribution in [0.15, 0.2) is 0 Å². The highest BCUT2D eigenvalue weighted by Crippen LogP contribution is 2.25. The van der Waals surface area contributed by atoms with Crippen LogP contribution in [-0.2, 0) is 19.4 Å². The Balaban J connectivity index is 3.02. The summed E-state index contributed by atoms with van der Waals surface area (Å²) in [5.41, 5.74) is 0. The number of nitrogens with zero attached hydrogens (tertiary/aromatic N) is 1. The molecule has 0 spiro atoms. The lowest BCUT2D eigenvalue weighted by molar-refractivity contribution is -0.148. The van der Waals surface area contributed by atoms with E-state index in [4.69, 9.17) is 5.11 Å². The van der Waals surface area contributed by atoms with Crippen LogP contribution in [0, 0.1) is 0 Å². The van der Waals surface area contributed by atoms with E-state index in [1.54, 1.807) is 0 Å². The lowest BCUT2D eigenvalue weighted by Crippen LogP contribution is -2.52. The first-order valence-electron chi connectivity index (χ1n) is 5.32. The summed E-state index contributed by atoms with van der Waals surface area (Å²) in [6, 6.07) is -0.900. The lowest BCUT2D eigenvalue weighted by atomic mass is 10.1. The van der Waals surface area contributed by atoms with E-state index in [9.17, 15) is 18.0 Å². The van der Waals surface area contributed by atoms with Crippen LogP contribution in [0.1, 0.15) is 26.7 Å². The minimum Gasteiger partial charge on any atom is -0.480 e. The van der Waals surface area contributed by atoms with Gasteiger partial charge >= 0.3 is 5.97 Å². The van der Waals surface area contributed by atoms with Crippen molar-refractivity contribution in [2.24, 2.45) is 0 Å². The molecular weight excluding hydrogens is 246 g/mol. The number of carboxylic acids is 1. The summed E-state index contributed by atoms with van der Waals surface area (Å²) >= 11 is 0. The van der Waals surface area contributed by atoms with E-state index in [-0.39, 0.29) is 0 Å². The van der Waals surface area contributed by atoms with Crippen molar-refractivity contribution in [3.8, 4) is 0 Å². The van der Waals surface area contributed by atoms with Gasteiger partial charge in [-0.2, -0.15) is 0 Å². The van der Waals surface area contributed by atoms with Gasteiger partial charge in [-0.1, -0.05) is 0 Å². The summed E-state index contributed by atoms with van der Waals surface area (Å²) in [6.45, 7) is 2.92. The Labute approximate surface area is 101 Å². The number of likely N-dealkylation sites (tertiary alicyclic amines) is 1. The second kappa shape index (κ2) is 4.29. The third-order valence-electron chi connectivity index (χ3n) is 3.24. The molecule has 17 heavy (non-hydrogen) atoms. The van der Waals surface area contributed by atoms with Gasteiger partial charge in [-0.3, -0.25) is 4.79 Å². The fraction of sp³-hybridized carbons (Fsp3) is 0.800. The maximum atomic E-state index is 12.1. The van der Waals surface area contributed by atoms with E-state index in [1.807, 2.05) is 0 Å². The van der Waals surface area contributed by atoms with E-state index in [0.29, 0.717) is 19.4 Å². The Bertz CT molecular complexity index is 440. The largest absolute Gasteiger partial charge is 0.480 e. The molecule has 0 saturated carbocycles. The molecule has 0 bridgehead atoms. The first kappa shape index (κ1) is 14.0. The number of carbonyl (C=O) groups is 2. The van der Waals surface area contributed by atoms with Crippen LogP contribution in [0.2, 0.25) is 0 Å². The number of aliphatic carboxylic acids is 1. The van der Waals surface area contributed by atoms with Crippen molar-refractivity contribution in [3.05, 3.63) is 0 Å². The van der Waals surface area contributed by atoms with Crippen LogP contribution >= 0.6 is 0 Å². The van der Waals surface area contributed by atoms with E-state index in [1.165, 1.54) is 13.8 Å². The molecule has 1 rings (SSSR count). The van der Waals surface area contributed by atoms with Crippen LogP contribution in [0.25, 0.3) is 0 Å². The average Bonchev–Trinajstić information content (AvgIpc) is 2.62. The van der Waals surface area contributed by atoms with E-state index < -0.39 is 32.5 Å². The third kappa shape index (κ3) is 2.43. The number of rotatable bonds is 3. The fourth-order valence-corrected chi connectivity index (χ4v) is 2.21. The highest BCUT2D eigenvalue weighted by Gasteiger charge is 2.46. The number of sulfone groups is 1. The summed E-state index contributed by atoms with van der Waals surface area (Å²) < 4.78 is 21.5. The number of hydrogen-bond acceptors (Lipinski definition) is 4. The van der Waals surface area contributed by atoms with Crippen molar-refractivity contribution in [1.29, 1.82) is 0 Å². The summed E-state index contributed by atoms with van der Waals surface area (Å²) in [6.07, 6.45) is 1.94. The molecule has 0 aromatic rings. The molecule has 0 aromatic carbocycles. The highest BCUT2D eigenvalue weighted by molar-refractivity contribution is 7.92. The second-order valence-corrected chi connectivity index (χ2v) is 7.34. The first-order chi connectivity index (χ1) is 7.59. The zero-order valence-corrected chi connectivity index (χ0v) is 11.0. The van der Waals surface area contributed by atoms with Gasteiger partial charge in [-0.15, -0.1) is 0 Å². The van der Waals surface area contributed by atoms with E-state index in [2.05, 4.69) is 0 Å². The molecule has 98 valence electrons. The van der Waals surface area contributed by atoms with Crippen LogP contribution in [0.3, 0.4) is 0 Å². The van der Waals surface area contributed by atoms with Gasteiger partial charge in [-0.25, -0.2) is 13.2 Å². The molecule has 1 aliphatic heterocycles. The van der Waals surface area contributed by atoms with Crippen molar-refractivity contribution >= 4 is 21.7 Å². The summed E-state index contributed by atoms with van der Waals surface area (Å²) in [7, 11) is -3.57. The predicted molar refractivity (Wildman–Crippen MR) is 61.3 cm³/mol. The van der Waals surface area contributed by atoms with E-state index in [0.717, 1.165) is 11.2 Å². The topological polar surface area (TPSA) is 91.8 Å². The van der Waals surface area contributed by atoms with Gasteiger partial charge in [0.1, 0.15) is 10.8 Å². The number of carboxylic acid groups (broad SMARTS) is 1. The van der Waals surface area contributed by atoms with Gasteiger partial charge in [0.2, 0.25) is 5.91 Å². The molecule has 6 nitrogen and oxygen atoms in total. The van der Waals surface area contributed by atoms with Crippen LogP contribution in [-0.4, -0.2) is 53.9 Å². The average molecular weight is 263 g/mol. The molecule has 0 radical (unpaired) electrons. The Morgan fingerprint density at radius 3 is 2.29 bits per heavy atom. The molecule has 1 atom stereocenters. The van der Waals surface area contributed by atoms with Crippen molar-refractivity contribution < 1.29 is 23.1 Å². The van der Waals surface area contributed by atoms with Gasteiger partial charge in [0.25, 0.3) is 0 Å².